The first-order valence-corrected chi connectivity index (χ1v) is 11.3. The summed E-state index contributed by atoms with van der Waals surface area (Å²) in [5.41, 5.74) is 2.21. The summed E-state index contributed by atoms with van der Waals surface area (Å²) in [6.45, 7) is 5.66. The van der Waals surface area contributed by atoms with E-state index in [0.29, 0.717) is 18.7 Å². The van der Waals surface area contributed by atoms with Crippen LogP contribution in [-0.4, -0.2) is 36.1 Å². The van der Waals surface area contributed by atoms with E-state index in [0.717, 1.165) is 22.8 Å². The van der Waals surface area contributed by atoms with Crippen molar-refractivity contribution in [2.45, 2.75) is 44.6 Å². The molecule has 0 spiro atoms. The zero-order valence-corrected chi connectivity index (χ0v) is 18.8. The molecule has 3 heterocycles. The van der Waals surface area contributed by atoms with Gasteiger partial charge in [0.1, 0.15) is 10.6 Å². The molecule has 1 atom stereocenters. The van der Waals surface area contributed by atoms with Crippen LogP contribution in [0.2, 0.25) is 0 Å². The Morgan fingerprint density at radius 1 is 1.24 bits per heavy atom. The topological polar surface area (TPSA) is 110 Å². The molecule has 0 aliphatic heterocycles. The van der Waals surface area contributed by atoms with Gasteiger partial charge in [0, 0.05) is 35.9 Å². The Bertz CT molecular complexity index is 1000. The third-order valence-corrected chi connectivity index (χ3v) is 6.74. The molecule has 0 aromatic carbocycles. The number of aromatic nitrogens is 3. The second kappa shape index (κ2) is 10.1. The van der Waals surface area contributed by atoms with Crippen molar-refractivity contribution in [3.63, 3.8) is 0 Å². The normalized spacial score (nSPS) is 12.4. The summed E-state index contributed by atoms with van der Waals surface area (Å²) in [6, 6.07) is 3.52. The maximum Gasteiger partial charge on any atom is 0.246 e. The molecule has 3 aromatic rings. The number of thiazole rings is 1. The molecule has 0 saturated carbocycles. The molecular formula is C18H24ClN5O3S2. The lowest BCUT2D eigenvalue weighted by molar-refractivity contribution is 0.390. The monoisotopic (exact) mass is 457 g/mol. The SMILES string of the molecule is CCCC(CNc1nc(-c2ccncc2)cs1)NS(=O)(=O)c1c(C)noc1C.Cl. The molecule has 0 bridgehead atoms. The molecule has 3 aromatic heterocycles. The largest absolute Gasteiger partial charge is 0.360 e. The average Bonchev–Trinajstić information content (AvgIpc) is 3.27. The van der Waals surface area contributed by atoms with Crippen LogP contribution in [0, 0.1) is 13.8 Å². The van der Waals surface area contributed by atoms with E-state index in [1.54, 1.807) is 26.2 Å². The van der Waals surface area contributed by atoms with Crippen molar-refractivity contribution < 1.29 is 12.9 Å². The first-order valence-electron chi connectivity index (χ1n) is 8.95. The molecule has 0 aliphatic carbocycles. The summed E-state index contributed by atoms with van der Waals surface area (Å²) in [4.78, 5) is 8.69. The summed E-state index contributed by atoms with van der Waals surface area (Å²) in [7, 11) is -3.71. The highest BCUT2D eigenvalue weighted by Gasteiger charge is 2.27. The fourth-order valence-electron chi connectivity index (χ4n) is 2.91. The van der Waals surface area contributed by atoms with Gasteiger partial charge in [-0.2, -0.15) is 0 Å². The van der Waals surface area contributed by atoms with Gasteiger partial charge >= 0.3 is 0 Å². The molecule has 11 heteroatoms. The molecule has 0 fully saturated rings. The number of rotatable bonds is 9. The number of hydrogen-bond donors (Lipinski definition) is 2. The number of pyridine rings is 1. The fourth-order valence-corrected chi connectivity index (χ4v) is 5.24. The number of sulfonamides is 1. The van der Waals surface area contributed by atoms with Gasteiger partial charge in [-0.25, -0.2) is 18.1 Å². The van der Waals surface area contributed by atoms with Crippen LogP contribution in [0.15, 0.2) is 39.3 Å². The molecule has 0 radical (unpaired) electrons. The molecule has 2 N–H and O–H groups in total. The lowest BCUT2D eigenvalue weighted by Crippen LogP contribution is -2.39. The van der Waals surface area contributed by atoms with E-state index in [2.05, 4.69) is 25.2 Å². The minimum absolute atomic E-state index is 0. The van der Waals surface area contributed by atoms with Crippen LogP contribution in [0.25, 0.3) is 11.3 Å². The van der Waals surface area contributed by atoms with E-state index < -0.39 is 10.0 Å². The van der Waals surface area contributed by atoms with Crippen LogP contribution < -0.4 is 10.0 Å². The van der Waals surface area contributed by atoms with Gasteiger partial charge in [0.05, 0.1) is 5.69 Å². The standard InChI is InChI=1S/C18H23N5O3S2.ClH/c1-4-5-15(23-28(24,25)17-12(2)22-26-13(17)3)10-20-18-21-16(11-27-18)14-6-8-19-9-7-14;/h6-9,11,15,23H,4-5,10H2,1-3H3,(H,20,21);1H. The predicted molar refractivity (Wildman–Crippen MR) is 116 cm³/mol. The van der Waals surface area contributed by atoms with E-state index in [1.807, 2.05) is 24.4 Å². The molecule has 0 amide bonds. The van der Waals surface area contributed by atoms with E-state index in [9.17, 15) is 8.42 Å². The van der Waals surface area contributed by atoms with Crippen molar-refractivity contribution in [1.82, 2.24) is 19.8 Å². The Kier molecular flexibility index (Phi) is 8.14. The third kappa shape index (κ3) is 5.75. The van der Waals surface area contributed by atoms with Crippen LogP contribution in [0.5, 0.6) is 0 Å². The highest BCUT2D eigenvalue weighted by Crippen LogP contribution is 2.24. The Labute approximate surface area is 180 Å². The van der Waals surface area contributed by atoms with Crippen molar-refractivity contribution in [2.24, 2.45) is 0 Å². The number of nitrogens with zero attached hydrogens (tertiary/aromatic N) is 3. The Balaban J connectivity index is 0.00000300. The Morgan fingerprint density at radius 3 is 2.59 bits per heavy atom. The van der Waals surface area contributed by atoms with Gasteiger partial charge in [0.2, 0.25) is 10.0 Å². The summed E-state index contributed by atoms with van der Waals surface area (Å²) in [5, 5.41) is 9.68. The highest BCUT2D eigenvalue weighted by atomic mass is 35.5. The number of aryl methyl sites for hydroxylation is 2. The predicted octanol–water partition coefficient (Wildman–Crippen LogP) is 3.79. The van der Waals surface area contributed by atoms with E-state index >= 15 is 0 Å². The quantitative estimate of drug-likeness (QED) is 0.502. The fraction of sp³-hybridized carbons (Fsp3) is 0.389. The molecule has 158 valence electrons. The van der Waals surface area contributed by atoms with Gasteiger partial charge in [-0.1, -0.05) is 18.5 Å². The van der Waals surface area contributed by atoms with Crippen LogP contribution >= 0.6 is 23.7 Å². The van der Waals surface area contributed by atoms with Crippen LogP contribution in [0.1, 0.15) is 31.2 Å². The van der Waals surface area contributed by atoms with Gasteiger partial charge in [-0.05, 0) is 32.4 Å². The first-order chi connectivity index (χ1) is 13.4. The van der Waals surface area contributed by atoms with E-state index in [4.69, 9.17) is 4.52 Å². The van der Waals surface area contributed by atoms with Gasteiger partial charge in [-0.3, -0.25) is 4.98 Å². The van der Waals surface area contributed by atoms with Crippen molar-refractivity contribution >= 4 is 38.9 Å². The molecule has 8 nitrogen and oxygen atoms in total. The number of hydrogen-bond acceptors (Lipinski definition) is 8. The molecule has 0 aliphatic rings. The lowest BCUT2D eigenvalue weighted by Gasteiger charge is -2.18. The lowest BCUT2D eigenvalue weighted by atomic mass is 10.2. The number of anilines is 1. The third-order valence-electron chi connectivity index (χ3n) is 4.18. The van der Waals surface area contributed by atoms with Crippen molar-refractivity contribution in [2.75, 3.05) is 11.9 Å². The van der Waals surface area contributed by atoms with Crippen LogP contribution in [0.3, 0.4) is 0 Å². The maximum atomic E-state index is 12.8. The second-order valence-electron chi connectivity index (χ2n) is 6.41. The molecule has 1 unspecified atom stereocenters. The first kappa shape index (κ1) is 23.3. The highest BCUT2D eigenvalue weighted by molar-refractivity contribution is 7.89. The zero-order valence-electron chi connectivity index (χ0n) is 16.4. The van der Waals surface area contributed by atoms with Crippen molar-refractivity contribution in [3.8, 4) is 11.3 Å². The molecule has 29 heavy (non-hydrogen) atoms. The average molecular weight is 458 g/mol. The van der Waals surface area contributed by atoms with Gasteiger partial charge in [0.25, 0.3) is 0 Å². The Morgan fingerprint density at radius 2 is 1.97 bits per heavy atom. The summed E-state index contributed by atoms with van der Waals surface area (Å²) >= 11 is 1.48. The van der Waals surface area contributed by atoms with Gasteiger partial charge in [0.15, 0.2) is 10.9 Å². The smallest absolute Gasteiger partial charge is 0.246 e. The molecule has 0 saturated heterocycles. The number of nitrogens with one attached hydrogen (secondary N) is 2. The van der Waals surface area contributed by atoms with Gasteiger partial charge in [-0.15, -0.1) is 23.7 Å². The van der Waals surface area contributed by atoms with Crippen LogP contribution in [-0.2, 0) is 10.0 Å². The number of halogens is 1. The summed E-state index contributed by atoms with van der Waals surface area (Å²) < 4.78 is 33.3. The minimum atomic E-state index is -3.71. The maximum absolute atomic E-state index is 12.8. The van der Waals surface area contributed by atoms with E-state index in [1.165, 1.54) is 11.3 Å². The van der Waals surface area contributed by atoms with Gasteiger partial charge < -0.3 is 9.84 Å². The minimum Gasteiger partial charge on any atom is -0.360 e. The zero-order chi connectivity index (χ0) is 20.1. The summed E-state index contributed by atoms with van der Waals surface area (Å²) in [6.07, 6.45) is 4.99. The molecule has 3 rings (SSSR count). The van der Waals surface area contributed by atoms with E-state index in [-0.39, 0.29) is 29.1 Å². The molecular weight excluding hydrogens is 434 g/mol. The summed E-state index contributed by atoms with van der Waals surface area (Å²) in [5.74, 6) is 0.287. The van der Waals surface area contributed by atoms with Crippen molar-refractivity contribution in [3.05, 3.63) is 41.4 Å². The second-order valence-corrected chi connectivity index (χ2v) is 8.92. The Hall–Kier alpha value is -2.01. The van der Waals surface area contributed by atoms with Crippen LogP contribution in [0.4, 0.5) is 5.13 Å². The van der Waals surface area contributed by atoms with Crippen molar-refractivity contribution in [1.29, 1.82) is 0 Å².